The normalized spacial score (nSPS) is 13.3. The van der Waals surface area contributed by atoms with Gasteiger partial charge in [-0.2, -0.15) is 0 Å². The summed E-state index contributed by atoms with van der Waals surface area (Å²) in [4.78, 5) is 0. The Hall–Kier alpha value is -0.760. The lowest BCUT2D eigenvalue weighted by Gasteiger charge is -2.22. The SMILES string of the molecule is CCCC(CCC)C(N)Cc1ccco1. The smallest absolute Gasteiger partial charge is 0.105 e. The van der Waals surface area contributed by atoms with Gasteiger partial charge >= 0.3 is 0 Å². The molecular formula is C13H23NO. The van der Waals surface area contributed by atoms with Crippen LogP contribution in [-0.2, 0) is 6.42 Å². The molecule has 1 aromatic heterocycles. The van der Waals surface area contributed by atoms with Crippen LogP contribution >= 0.6 is 0 Å². The summed E-state index contributed by atoms with van der Waals surface area (Å²) in [6.07, 6.45) is 7.49. The van der Waals surface area contributed by atoms with Gasteiger partial charge in [-0.25, -0.2) is 0 Å². The summed E-state index contributed by atoms with van der Waals surface area (Å²) in [7, 11) is 0. The average molecular weight is 209 g/mol. The molecule has 0 amide bonds. The maximum Gasteiger partial charge on any atom is 0.105 e. The zero-order chi connectivity index (χ0) is 11.1. The van der Waals surface area contributed by atoms with E-state index in [0.717, 1.165) is 12.2 Å². The third-order valence-electron chi connectivity index (χ3n) is 2.94. The van der Waals surface area contributed by atoms with Crippen molar-refractivity contribution in [1.29, 1.82) is 0 Å². The van der Waals surface area contributed by atoms with Crippen LogP contribution < -0.4 is 5.73 Å². The first-order valence-electron chi connectivity index (χ1n) is 6.05. The highest BCUT2D eigenvalue weighted by atomic mass is 16.3. The molecule has 0 saturated heterocycles. The summed E-state index contributed by atoms with van der Waals surface area (Å²) in [5, 5.41) is 0. The quantitative estimate of drug-likeness (QED) is 0.747. The van der Waals surface area contributed by atoms with Gasteiger partial charge < -0.3 is 10.2 Å². The fourth-order valence-electron chi connectivity index (χ4n) is 2.14. The van der Waals surface area contributed by atoms with E-state index in [0.29, 0.717) is 5.92 Å². The molecule has 0 aliphatic carbocycles. The summed E-state index contributed by atoms with van der Waals surface area (Å²) >= 11 is 0. The Morgan fingerprint density at radius 2 is 1.93 bits per heavy atom. The molecule has 0 spiro atoms. The Kier molecular flexibility index (Phi) is 5.48. The minimum Gasteiger partial charge on any atom is -0.469 e. The van der Waals surface area contributed by atoms with Crippen LogP contribution in [0.25, 0.3) is 0 Å². The molecule has 2 nitrogen and oxygen atoms in total. The Morgan fingerprint density at radius 1 is 1.27 bits per heavy atom. The molecular weight excluding hydrogens is 186 g/mol. The minimum atomic E-state index is 0.246. The summed E-state index contributed by atoms with van der Waals surface area (Å²) < 4.78 is 5.33. The lowest BCUT2D eigenvalue weighted by atomic mass is 9.88. The second kappa shape index (κ2) is 6.67. The summed E-state index contributed by atoms with van der Waals surface area (Å²) in [5.41, 5.74) is 6.22. The van der Waals surface area contributed by atoms with Crippen LogP contribution in [-0.4, -0.2) is 6.04 Å². The number of nitrogens with two attached hydrogens (primary N) is 1. The van der Waals surface area contributed by atoms with E-state index in [1.807, 2.05) is 12.1 Å². The highest BCUT2D eigenvalue weighted by molar-refractivity contribution is 5.00. The van der Waals surface area contributed by atoms with Crippen molar-refractivity contribution in [1.82, 2.24) is 0 Å². The van der Waals surface area contributed by atoms with Crippen molar-refractivity contribution in [3.63, 3.8) is 0 Å². The van der Waals surface area contributed by atoms with Gasteiger partial charge in [0.15, 0.2) is 0 Å². The van der Waals surface area contributed by atoms with Crippen LogP contribution in [0, 0.1) is 5.92 Å². The van der Waals surface area contributed by atoms with E-state index in [1.54, 1.807) is 6.26 Å². The van der Waals surface area contributed by atoms with Crippen molar-refractivity contribution in [2.45, 2.75) is 52.0 Å². The highest BCUT2D eigenvalue weighted by Gasteiger charge is 2.17. The molecule has 0 aliphatic heterocycles. The summed E-state index contributed by atoms with van der Waals surface area (Å²) in [6.45, 7) is 4.45. The largest absolute Gasteiger partial charge is 0.469 e. The van der Waals surface area contributed by atoms with E-state index < -0.39 is 0 Å². The van der Waals surface area contributed by atoms with E-state index in [1.165, 1.54) is 25.7 Å². The lowest BCUT2D eigenvalue weighted by Crippen LogP contribution is -2.32. The van der Waals surface area contributed by atoms with E-state index in [2.05, 4.69) is 13.8 Å². The first kappa shape index (κ1) is 12.3. The Bertz CT molecular complexity index is 237. The van der Waals surface area contributed by atoms with Gasteiger partial charge in [-0.05, 0) is 30.9 Å². The van der Waals surface area contributed by atoms with Gasteiger partial charge in [-0.15, -0.1) is 0 Å². The molecule has 0 fully saturated rings. The molecule has 1 aromatic rings. The van der Waals surface area contributed by atoms with Gasteiger partial charge in [0.05, 0.1) is 6.26 Å². The second-order valence-corrected chi connectivity index (χ2v) is 4.28. The Labute approximate surface area is 92.9 Å². The van der Waals surface area contributed by atoms with Crippen LogP contribution in [0.1, 0.15) is 45.3 Å². The molecule has 1 heterocycles. The van der Waals surface area contributed by atoms with Crippen LogP contribution in [0.2, 0.25) is 0 Å². The van der Waals surface area contributed by atoms with Crippen molar-refractivity contribution < 1.29 is 4.42 Å². The molecule has 2 N–H and O–H groups in total. The predicted octanol–water partition coefficient (Wildman–Crippen LogP) is 3.37. The van der Waals surface area contributed by atoms with Gasteiger partial charge in [0, 0.05) is 12.5 Å². The van der Waals surface area contributed by atoms with Gasteiger partial charge in [-0.1, -0.05) is 26.7 Å². The van der Waals surface area contributed by atoms with Crippen molar-refractivity contribution in [3.05, 3.63) is 24.2 Å². The van der Waals surface area contributed by atoms with Crippen LogP contribution in [0.5, 0.6) is 0 Å². The fraction of sp³-hybridized carbons (Fsp3) is 0.692. The zero-order valence-corrected chi connectivity index (χ0v) is 9.91. The Balaban J connectivity index is 2.44. The van der Waals surface area contributed by atoms with Gasteiger partial charge in [0.1, 0.15) is 5.76 Å². The first-order valence-corrected chi connectivity index (χ1v) is 6.05. The molecule has 1 atom stereocenters. The van der Waals surface area contributed by atoms with Crippen molar-refractivity contribution in [2.24, 2.45) is 11.7 Å². The predicted molar refractivity (Wildman–Crippen MR) is 63.7 cm³/mol. The highest BCUT2D eigenvalue weighted by Crippen LogP contribution is 2.19. The van der Waals surface area contributed by atoms with E-state index in [-0.39, 0.29) is 6.04 Å². The number of rotatable bonds is 7. The monoisotopic (exact) mass is 209 g/mol. The molecule has 0 bridgehead atoms. The van der Waals surface area contributed by atoms with Crippen molar-refractivity contribution >= 4 is 0 Å². The van der Waals surface area contributed by atoms with Crippen LogP contribution in [0.3, 0.4) is 0 Å². The van der Waals surface area contributed by atoms with E-state index in [9.17, 15) is 0 Å². The molecule has 15 heavy (non-hydrogen) atoms. The molecule has 1 unspecified atom stereocenters. The molecule has 0 aliphatic rings. The molecule has 0 aromatic carbocycles. The first-order chi connectivity index (χ1) is 7.27. The lowest BCUT2D eigenvalue weighted by molar-refractivity contribution is 0.343. The fourth-order valence-corrected chi connectivity index (χ4v) is 2.14. The van der Waals surface area contributed by atoms with E-state index in [4.69, 9.17) is 10.2 Å². The van der Waals surface area contributed by atoms with Gasteiger partial charge in [0.2, 0.25) is 0 Å². The van der Waals surface area contributed by atoms with Gasteiger partial charge in [0.25, 0.3) is 0 Å². The third-order valence-corrected chi connectivity index (χ3v) is 2.94. The molecule has 0 saturated carbocycles. The van der Waals surface area contributed by atoms with Crippen molar-refractivity contribution in [2.75, 3.05) is 0 Å². The minimum absolute atomic E-state index is 0.246. The standard InChI is InChI=1S/C13H23NO/c1-3-6-11(7-4-2)13(14)10-12-8-5-9-15-12/h5,8-9,11,13H,3-4,6-7,10,14H2,1-2H3. The topological polar surface area (TPSA) is 39.2 Å². The van der Waals surface area contributed by atoms with Crippen molar-refractivity contribution in [3.8, 4) is 0 Å². The molecule has 86 valence electrons. The maximum absolute atomic E-state index is 6.22. The number of hydrogen-bond acceptors (Lipinski definition) is 2. The maximum atomic E-state index is 6.22. The zero-order valence-electron chi connectivity index (χ0n) is 9.91. The Morgan fingerprint density at radius 3 is 2.40 bits per heavy atom. The number of furan rings is 1. The van der Waals surface area contributed by atoms with Crippen LogP contribution in [0.4, 0.5) is 0 Å². The summed E-state index contributed by atoms with van der Waals surface area (Å²) in [6, 6.07) is 4.18. The molecule has 0 radical (unpaired) electrons. The molecule has 2 heteroatoms. The third kappa shape index (κ3) is 4.08. The second-order valence-electron chi connectivity index (χ2n) is 4.28. The van der Waals surface area contributed by atoms with Gasteiger partial charge in [-0.3, -0.25) is 0 Å². The number of hydrogen-bond donors (Lipinski definition) is 1. The molecule has 1 rings (SSSR count). The average Bonchev–Trinajstić information content (AvgIpc) is 2.70. The van der Waals surface area contributed by atoms with Crippen LogP contribution in [0.15, 0.2) is 22.8 Å². The van der Waals surface area contributed by atoms with E-state index >= 15 is 0 Å². The summed E-state index contributed by atoms with van der Waals surface area (Å²) in [5.74, 6) is 1.66.